The molecule has 3 atom stereocenters. The minimum absolute atomic E-state index is 0.132. The zero-order valence-electron chi connectivity index (χ0n) is 9.18. The van der Waals surface area contributed by atoms with E-state index in [2.05, 4.69) is 5.32 Å². The van der Waals surface area contributed by atoms with Crippen molar-refractivity contribution in [3.05, 3.63) is 0 Å². The van der Waals surface area contributed by atoms with E-state index in [0.29, 0.717) is 12.8 Å². The first kappa shape index (κ1) is 13.3. The Morgan fingerprint density at radius 3 is 2.44 bits per heavy atom. The van der Waals surface area contributed by atoms with Crippen LogP contribution in [0.2, 0.25) is 0 Å². The molecule has 0 heterocycles. The van der Waals surface area contributed by atoms with Gasteiger partial charge in [0.05, 0.1) is 12.0 Å². The van der Waals surface area contributed by atoms with Crippen LogP contribution in [0.1, 0.15) is 32.6 Å². The summed E-state index contributed by atoms with van der Waals surface area (Å²) in [4.78, 5) is 10.8. The molecule has 0 radical (unpaired) electrons. The fourth-order valence-corrected chi connectivity index (χ4v) is 2.13. The molecule has 3 nitrogen and oxygen atoms in total. The molecule has 3 N–H and O–H groups in total. The first-order valence-electron chi connectivity index (χ1n) is 5.44. The van der Waals surface area contributed by atoms with Crippen molar-refractivity contribution in [3.63, 3.8) is 0 Å². The lowest BCUT2D eigenvalue weighted by Gasteiger charge is -2.34. The van der Waals surface area contributed by atoms with E-state index in [-0.39, 0.29) is 6.42 Å². The molecule has 0 bridgehead atoms. The molecule has 1 fully saturated rings. The number of hydrogen-bond acceptors (Lipinski definition) is 2. The van der Waals surface area contributed by atoms with Crippen molar-refractivity contribution in [3.8, 4) is 0 Å². The predicted octanol–water partition coefficient (Wildman–Crippen LogP) is 1.57. The lowest BCUT2D eigenvalue weighted by molar-refractivity contribution is -0.189. The highest BCUT2D eigenvalue weighted by Gasteiger charge is 2.45. The molecule has 1 aliphatic rings. The van der Waals surface area contributed by atoms with Gasteiger partial charge in [-0.1, -0.05) is 12.8 Å². The van der Waals surface area contributed by atoms with E-state index in [1.807, 2.05) is 0 Å². The Kier molecular flexibility index (Phi) is 4.18. The third-order valence-electron chi connectivity index (χ3n) is 3.08. The molecule has 0 saturated heterocycles. The van der Waals surface area contributed by atoms with Crippen LogP contribution in [0.25, 0.3) is 0 Å². The SMILES string of the molecule is CC(NC1CCCCC1C(F)(F)F)C(N)=O. The molecule has 1 saturated carbocycles. The average molecular weight is 238 g/mol. The molecule has 0 spiro atoms. The van der Waals surface area contributed by atoms with Crippen LogP contribution in [-0.4, -0.2) is 24.2 Å². The van der Waals surface area contributed by atoms with Crippen LogP contribution in [-0.2, 0) is 4.79 Å². The number of halogens is 3. The standard InChI is InChI=1S/C10H17F3N2O/c1-6(9(14)16)15-8-5-3-2-4-7(8)10(11,12)13/h6-8,15H,2-5H2,1H3,(H2,14,16). The summed E-state index contributed by atoms with van der Waals surface area (Å²) >= 11 is 0. The molecular weight excluding hydrogens is 221 g/mol. The number of amides is 1. The first-order chi connectivity index (χ1) is 7.32. The summed E-state index contributed by atoms with van der Waals surface area (Å²) in [5, 5.41) is 2.68. The Balaban J connectivity index is 2.64. The lowest BCUT2D eigenvalue weighted by Crippen LogP contribution is -2.51. The van der Waals surface area contributed by atoms with Gasteiger partial charge in [-0.05, 0) is 19.8 Å². The highest BCUT2D eigenvalue weighted by Crippen LogP contribution is 2.37. The summed E-state index contributed by atoms with van der Waals surface area (Å²) in [5.74, 6) is -1.98. The van der Waals surface area contributed by atoms with Crippen LogP contribution in [0.15, 0.2) is 0 Å². The molecule has 1 aliphatic carbocycles. The number of carbonyl (C=O) groups excluding carboxylic acids is 1. The van der Waals surface area contributed by atoms with Crippen LogP contribution >= 0.6 is 0 Å². The second kappa shape index (κ2) is 5.03. The fourth-order valence-electron chi connectivity index (χ4n) is 2.13. The lowest BCUT2D eigenvalue weighted by atomic mass is 9.83. The van der Waals surface area contributed by atoms with Crippen LogP contribution in [0.5, 0.6) is 0 Å². The topological polar surface area (TPSA) is 55.1 Å². The average Bonchev–Trinajstić information content (AvgIpc) is 2.16. The quantitative estimate of drug-likeness (QED) is 0.784. The summed E-state index contributed by atoms with van der Waals surface area (Å²) in [7, 11) is 0. The first-order valence-corrected chi connectivity index (χ1v) is 5.44. The summed E-state index contributed by atoms with van der Waals surface area (Å²) in [5.41, 5.74) is 5.02. The molecule has 1 amide bonds. The fraction of sp³-hybridized carbons (Fsp3) is 0.900. The number of hydrogen-bond donors (Lipinski definition) is 2. The number of alkyl halides is 3. The Hall–Kier alpha value is -0.780. The van der Waals surface area contributed by atoms with Crippen LogP contribution in [0.3, 0.4) is 0 Å². The molecule has 94 valence electrons. The van der Waals surface area contributed by atoms with Gasteiger partial charge in [0.15, 0.2) is 0 Å². The van der Waals surface area contributed by atoms with Gasteiger partial charge in [0.2, 0.25) is 5.91 Å². The van der Waals surface area contributed by atoms with E-state index >= 15 is 0 Å². The van der Waals surface area contributed by atoms with Crippen molar-refractivity contribution < 1.29 is 18.0 Å². The molecule has 6 heteroatoms. The highest BCUT2D eigenvalue weighted by molar-refractivity contribution is 5.79. The van der Waals surface area contributed by atoms with E-state index < -0.39 is 30.1 Å². The Labute approximate surface area is 92.6 Å². The molecule has 1 rings (SSSR count). The number of nitrogens with one attached hydrogen (secondary N) is 1. The van der Waals surface area contributed by atoms with Crippen molar-refractivity contribution in [1.29, 1.82) is 0 Å². The van der Waals surface area contributed by atoms with Gasteiger partial charge in [0.25, 0.3) is 0 Å². The minimum Gasteiger partial charge on any atom is -0.368 e. The number of nitrogens with two attached hydrogens (primary N) is 1. The van der Waals surface area contributed by atoms with Crippen LogP contribution < -0.4 is 11.1 Å². The number of rotatable bonds is 3. The zero-order chi connectivity index (χ0) is 12.3. The summed E-state index contributed by atoms with van der Waals surface area (Å²) in [6, 6.07) is -1.40. The monoisotopic (exact) mass is 238 g/mol. The van der Waals surface area contributed by atoms with Crippen LogP contribution in [0, 0.1) is 5.92 Å². The second-order valence-electron chi connectivity index (χ2n) is 4.33. The zero-order valence-corrected chi connectivity index (χ0v) is 9.18. The molecule has 0 aromatic heterocycles. The molecule has 0 aliphatic heterocycles. The van der Waals surface area contributed by atoms with Crippen molar-refractivity contribution in [2.24, 2.45) is 11.7 Å². The van der Waals surface area contributed by atoms with Crippen molar-refractivity contribution in [2.45, 2.75) is 50.9 Å². The number of carbonyl (C=O) groups is 1. The van der Waals surface area contributed by atoms with Gasteiger partial charge in [-0.15, -0.1) is 0 Å². The summed E-state index contributed by atoms with van der Waals surface area (Å²) in [6.45, 7) is 1.49. The largest absolute Gasteiger partial charge is 0.393 e. The Morgan fingerprint density at radius 1 is 1.38 bits per heavy atom. The minimum atomic E-state index is -4.20. The second-order valence-corrected chi connectivity index (χ2v) is 4.33. The third kappa shape index (κ3) is 3.37. The Morgan fingerprint density at radius 2 is 1.94 bits per heavy atom. The van der Waals surface area contributed by atoms with E-state index in [4.69, 9.17) is 5.73 Å². The molecule has 0 aromatic carbocycles. The van der Waals surface area contributed by atoms with E-state index in [9.17, 15) is 18.0 Å². The maximum absolute atomic E-state index is 12.7. The normalized spacial score (nSPS) is 28.8. The summed E-state index contributed by atoms with van der Waals surface area (Å²) < 4.78 is 38.1. The highest BCUT2D eigenvalue weighted by atomic mass is 19.4. The van der Waals surface area contributed by atoms with Gasteiger partial charge < -0.3 is 11.1 Å². The molecule has 3 unspecified atom stereocenters. The van der Waals surface area contributed by atoms with E-state index in [1.165, 1.54) is 6.92 Å². The molecular formula is C10H17F3N2O. The van der Waals surface area contributed by atoms with Crippen molar-refractivity contribution >= 4 is 5.91 Å². The number of primary amides is 1. The van der Waals surface area contributed by atoms with Gasteiger partial charge >= 0.3 is 6.18 Å². The van der Waals surface area contributed by atoms with E-state index in [0.717, 1.165) is 6.42 Å². The van der Waals surface area contributed by atoms with Gasteiger partial charge in [0, 0.05) is 6.04 Å². The third-order valence-corrected chi connectivity index (χ3v) is 3.08. The van der Waals surface area contributed by atoms with Crippen molar-refractivity contribution in [2.75, 3.05) is 0 Å². The van der Waals surface area contributed by atoms with Gasteiger partial charge in [-0.3, -0.25) is 4.79 Å². The maximum atomic E-state index is 12.7. The van der Waals surface area contributed by atoms with Crippen molar-refractivity contribution in [1.82, 2.24) is 5.32 Å². The Bertz CT molecular complexity index is 255. The van der Waals surface area contributed by atoms with Crippen LogP contribution in [0.4, 0.5) is 13.2 Å². The smallest absolute Gasteiger partial charge is 0.368 e. The van der Waals surface area contributed by atoms with Gasteiger partial charge in [-0.2, -0.15) is 13.2 Å². The van der Waals surface area contributed by atoms with Gasteiger partial charge in [-0.25, -0.2) is 0 Å². The van der Waals surface area contributed by atoms with Gasteiger partial charge in [0.1, 0.15) is 0 Å². The summed E-state index contributed by atoms with van der Waals surface area (Å²) in [6.07, 6.45) is -2.27. The molecule has 16 heavy (non-hydrogen) atoms. The van der Waals surface area contributed by atoms with E-state index in [1.54, 1.807) is 0 Å². The maximum Gasteiger partial charge on any atom is 0.393 e. The molecule has 0 aromatic rings. The predicted molar refractivity (Wildman–Crippen MR) is 53.6 cm³/mol.